The second kappa shape index (κ2) is 6.65. The first-order chi connectivity index (χ1) is 12.6. The van der Waals surface area contributed by atoms with Crippen molar-refractivity contribution in [2.75, 3.05) is 14.2 Å². The summed E-state index contributed by atoms with van der Waals surface area (Å²) in [5.41, 5.74) is 1.60. The fourth-order valence-electron chi connectivity index (χ4n) is 2.52. The average molecular weight is 435 g/mol. The summed E-state index contributed by atoms with van der Waals surface area (Å²) < 4.78 is 26.1. The Balaban J connectivity index is 1.80. The maximum Gasteiger partial charge on any atom is 0.235 e. The van der Waals surface area contributed by atoms with Gasteiger partial charge in [0.15, 0.2) is 17.3 Å². The molecule has 4 aromatic rings. The number of nitrogens with zero attached hydrogens (tertiary/aromatic N) is 4. The minimum absolute atomic E-state index is 0.317. The number of aromatic nitrogens is 4. The van der Waals surface area contributed by atoms with Gasteiger partial charge in [-0.15, -0.1) is 10.2 Å². The highest BCUT2D eigenvalue weighted by molar-refractivity contribution is 9.10. The average Bonchev–Trinajstić information content (AvgIpc) is 3.24. The quantitative estimate of drug-likeness (QED) is 0.475. The Hall–Kier alpha value is -2.52. The van der Waals surface area contributed by atoms with Crippen LogP contribution < -0.4 is 9.47 Å². The maximum atomic E-state index is 13.5. The Morgan fingerprint density at radius 2 is 1.77 bits per heavy atom. The highest BCUT2D eigenvalue weighted by Crippen LogP contribution is 2.34. The van der Waals surface area contributed by atoms with Crippen LogP contribution in [0.1, 0.15) is 0 Å². The zero-order valence-corrected chi connectivity index (χ0v) is 16.1. The smallest absolute Gasteiger partial charge is 0.235 e. The van der Waals surface area contributed by atoms with Gasteiger partial charge in [0.2, 0.25) is 4.96 Å². The van der Waals surface area contributed by atoms with Gasteiger partial charge in [0, 0.05) is 11.1 Å². The van der Waals surface area contributed by atoms with Crippen LogP contribution in [0, 0.1) is 5.82 Å². The first-order valence-electron chi connectivity index (χ1n) is 7.51. The van der Waals surface area contributed by atoms with Gasteiger partial charge in [0.25, 0.3) is 0 Å². The Labute approximate surface area is 160 Å². The molecule has 0 unspecified atom stereocenters. The first-order valence-corrected chi connectivity index (χ1v) is 9.11. The monoisotopic (exact) mass is 434 g/mol. The van der Waals surface area contributed by atoms with Crippen molar-refractivity contribution in [1.82, 2.24) is 19.8 Å². The first kappa shape index (κ1) is 16.9. The molecular weight excluding hydrogens is 423 g/mol. The van der Waals surface area contributed by atoms with E-state index in [9.17, 15) is 4.39 Å². The van der Waals surface area contributed by atoms with Gasteiger partial charge in [0.05, 0.1) is 18.7 Å². The van der Waals surface area contributed by atoms with Gasteiger partial charge in [0.1, 0.15) is 10.8 Å². The molecule has 2 aromatic carbocycles. The summed E-state index contributed by atoms with van der Waals surface area (Å²) >= 11 is 4.58. The van der Waals surface area contributed by atoms with Crippen LogP contribution in [0.3, 0.4) is 0 Å². The van der Waals surface area contributed by atoms with Gasteiger partial charge < -0.3 is 9.47 Å². The number of fused-ring (bicyclic) bond motifs is 1. The highest BCUT2D eigenvalue weighted by atomic mass is 79.9. The largest absolute Gasteiger partial charge is 0.493 e. The van der Waals surface area contributed by atoms with Crippen LogP contribution in [0.25, 0.3) is 26.9 Å². The molecule has 0 spiro atoms. The van der Waals surface area contributed by atoms with E-state index in [1.165, 1.54) is 17.4 Å². The zero-order valence-electron chi connectivity index (χ0n) is 13.7. The number of rotatable bonds is 4. The van der Waals surface area contributed by atoms with E-state index in [1.807, 2.05) is 12.1 Å². The fraction of sp³-hybridized carbons (Fsp3) is 0.118. The van der Waals surface area contributed by atoms with E-state index in [0.29, 0.717) is 26.8 Å². The second-order valence-electron chi connectivity index (χ2n) is 5.32. The number of hydrogen-bond acceptors (Lipinski definition) is 6. The number of hydrogen-bond donors (Lipinski definition) is 0. The molecule has 26 heavy (non-hydrogen) atoms. The van der Waals surface area contributed by atoms with E-state index in [2.05, 4.69) is 31.2 Å². The summed E-state index contributed by atoms with van der Waals surface area (Å²) in [6.45, 7) is 0. The van der Waals surface area contributed by atoms with Crippen molar-refractivity contribution in [3.05, 3.63) is 46.7 Å². The second-order valence-corrected chi connectivity index (χ2v) is 7.13. The van der Waals surface area contributed by atoms with Gasteiger partial charge in [-0.3, -0.25) is 0 Å². The van der Waals surface area contributed by atoms with Crippen LogP contribution in [0.4, 0.5) is 4.39 Å². The van der Waals surface area contributed by atoms with Crippen molar-refractivity contribution in [2.45, 2.75) is 0 Å². The van der Waals surface area contributed by atoms with Crippen molar-refractivity contribution in [3.8, 4) is 33.5 Å². The van der Waals surface area contributed by atoms with Crippen molar-refractivity contribution >= 4 is 32.2 Å². The molecule has 0 saturated heterocycles. The summed E-state index contributed by atoms with van der Waals surface area (Å²) in [6.07, 6.45) is 0. The van der Waals surface area contributed by atoms with Crippen molar-refractivity contribution < 1.29 is 13.9 Å². The molecule has 0 fully saturated rings. The zero-order chi connectivity index (χ0) is 18.3. The molecule has 0 amide bonds. The van der Waals surface area contributed by atoms with E-state index >= 15 is 0 Å². The molecule has 0 N–H and O–H groups in total. The van der Waals surface area contributed by atoms with Gasteiger partial charge in [-0.2, -0.15) is 9.61 Å². The number of methoxy groups -OCH3 is 2. The third-order valence-corrected chi connectivity index (χ3v) is 5.35. The third-order valence-electron chi connectivity index (χ3n) is 3.80. The van der Waals surface area contributed by atoms with Gasteiger partial charge in [-0.05, 0) is 52.3 Å². The van der Waals surface area contributed by atoms with Gasteiger partial charge >= 0.3 is 0 Å². The number of ether oxygens (including phenoxy) is 2. The van der Waals surface area contributed by atoms with Crippen LogP contribution in [0.15, 0.2) is 40.9 Å². The van der Waals surface area contributed by atoms with Crippen LogP contribution in [-0.2, 0) is 0 Å². The fourth-order valence-corrected chi connectivity index (χ4v) is 3.73. The Morgan fingerprint density at radius 3 is 2.50 bits per heavy atom. The lowest BCUT2D eigenvalue weighted by Crippen LogP contribution is -1.94. The highest BCUT2D eigenvalue weighted by Gasteiger charge is 2.16. The van der Waals surface area contributed by atoms with Crippen molar-refractivity contribution in [2.24, 2.45) is 0 Å². The molecule has 6 nitrogen and oxygen atoms in total. The summed E-state index contributed by atoms with van der Waals surface area (Å²) in [4.78, 5) is 0.644. The van der Waals surface area contributed by atoms with Crippen molar-refractivity contribution in [3.63, 3.8) is 0 Å². The molecule has 132 valence electrons. The number of halogens is 2. The summed E-state index contributed by atoms with van der Waals surface area (Å²) in [7, 11) is 3.16. The molecule has 9 heteroatoms. The van der Waals surface area contributed by atoms with Gasteiger partial charge in [-0.1, -0.05) is 11.3 Å². The lowest BCUT2D eigenvalue weighted by Gasteiger charge is -2.08. The number of benzene rings is 2. The minimum Gasteiger partial charge on any atom is -0.493 e. The van der Waals surface area contributed by atoms with Crippen molar-refractivity contribution in [1.29, 1.82) is 0 Å². The molecule has 0 radical (unpaired) electrons. The van der Waals surface area contributed by atoms with E-state index in [0.717, 1.165) is 16.1 Å². The predicted molar refractivity (Wildman–Crippen MR) is 100 cm³/mol. The molecule has 0 aliphatic rings. The van der Waals surface area contributed by atoms with Crippen LogP contribution in [0.5, 0.6) is 11.5 Å². The normalized spacial score (nSPS) is 11.1. The molecule has 4 rings (SSSR count). The lowest BCUT2D eigenvalue weighted by molar-refractivity contribution is 0.355. The third kappa shape index (κ3) is 2.82. The standard InChI is InChI=1S/C17H12BrFN4O2S/c1-24-13-6-4-9(8-14(13)25-2)15-20-21-17-23(15)22-16(26-17)10-3-5-12(19)11(18)7-10/h3-8H,1-2H3. The van der Waals surface area contributed by atoms with Crippen LogP contribution in [0.2, 0.25) is 0 Å². The molecule has 0 aliphatic heterocycles. The maximum absolute atomic E-state index is 13.5. The molecule has 2 heterocycles. The summed E-state index contributed by atoms with van der Waals surface area (Å²) in [5.74, 6) is 1.50. The Bertz CT molecular complexity index is 1110. The summed E-state index contributed by atoms with van der Waals surface area (Å²) in [5, 5.41) is 13.7. The lowest BCUT2D eigenvalue weighted by atomic mass is 10.2. The van der Waals surface area contributed by atoms with E-state index in [-0.39, 0.29) is 5.82 Å². The molecule has 0 atom stereocenters. The van der Waals surface area contributed by atoms with E-state index in [1.54, 1.807) is 36.9 Å². The minimum atomic E-state index is -0.317. The van der Waals surface area contributed by atoms with E-state index in [4.69, 9.17) is 9.47 Å². The molecule has 0 aliphatic carbocycles. The van der Waals surface area contributed by atoms with E-state index < -0.39 is 0 Å². The topological polar surface area (TPSA) is 61.5 Å². The Kier molecular flexibility index (Phi) is 4.33. The molecule has 2 aromatic heterocycles. The van der Waals surface area contributed by atoms with Crippen LogP contribution >= 0.6 is 27.3 Å². The SMILES string of the molecule is COc1ccc(-c2nnc3sc(-c4ccc(F)c(Br)c4)nn23)cc1OC. The molecule has 0 saturated carbocycles. The Morgan fingerprint density at radius 1 is 1.00 bits per heavy atom. The molecular formula is C17H12BrFN4O2S. The summed E-state index contributed by atoms with van der Waals surface area (Å²) in [6, 6.07) is 10.3. The van der Waals surface area contributed by atoms with Crippen LogP contribution in [-0.4, -0.2) is 34.0 Å². The predicted octanol–water partition coefficient (Wildman–Crippen LogP) is 4.44. The molecule has 0 bridgehead atoms. The van der Waals surface area contributed by atoms with Gasteiger partial charge in [-0.25, -0.2) is 4.39 Å².